The Balaban J connectivity index is 3.03. The monoisotopic (exact) mass is 295 g/mol. The number of anilines is 1. The van der Waals surface area contributed by atoms with E-state index in [0.29, 0.717) is 0 Å². The van der Waals surface area contributed by atoms with E-state index in [1.807, 2.05) is 13.8 Å². The first-order chi connectivity index (χ1) is 9.72. The summed E-state index contributed by atoms with van der Waals surface area (Å²) in [5.74, 6) is -1.52. The van der Waals surface area contributed by atoms with Gasteiger partial charge in [-0.05, 0) is 26.0 Å². The average Bonchev–Trinajstić information content (AvgIpc) is 2.36. The van der Waals surface area contributed by atoms with Crippen LogP contribution in [0.15, 0.2) is 18.2 Å². The molecule has 0 saturated carbocycles. The molecule has 8 heteroatoms. The summed E-state index contributed by atoms with van der Waals surface area (Å²) in [6, 6.07) is 3.54. The Morgan fingerprint density at radius 2 is 2.05 bits per heavy atom. The van der Waals surface area contributed by atoms with Crippen LogP contribution in [0.1, 0.15) is 24.2 Å². The van der Waals surface area contributed by atoms with Gasteiger partial charge in [0.25, 0.3) is 5.69 Å². The van der Waals surface area contributed by atoms with Crippen molar-refractivity contribution in [1.82, 2.24) is 5.32 Å². The molecule has 0 heterocycles. The molecule has 0 aliphatic carbocycles. The van der Waals surface area contributed by atoms with E-state index >= 15 is 0 Å². The number of amides is 1. The van der Waals surface area contributed by atoms with Crippen molar-refractivity contribution in [2.45, 2.75) is 19.9 Å². The van der Waals surface area contributed by atoms with Crippen LogP contribution in [0, 0.1) is 10.1 Å². The average molecular weight is 295 g/mol. The molecule has 0 saturated heterocycles. The van der Waals surface area contributed by atoms with Crippen LogP contribution in [-0.2, 0) is 4.79 Å². The number of nitrogens with one attached hydrogen (secondary N) is 1. The molecule has 1 rings (SSSR count). The molecule has 114 valence electrons. The number of nitro benzene ring substituents is 1. The molecule has 0 atom stereocenters. The van der Waals surface area contributed by atoms with Gasteiger partial charge in [0.05, 0.1) is 17.0 Å². The first kappa shape index (κ1) is 16.4. The molecule has 21 heavy (non-hydrogen) atoms. The number of carbonyl (C=O) groups excluding carboxylic acids is 1. The second-order valence-electron chi connectivity index (χ2n) is 4.84. The summed E-state index contributed by atoms with van der Waals surface area (Å²) in [5, 5.41) is 22.6. The van der Waals surface area contributed by atoms with Crippen LogP contribution >= 0.6 is 0 Å². The van der Waals surface area contributed by atoms with Gasteiger partial charge in [-0.3, -0.25) is 14.9 Å². The van der Waals surface area contributed by atoms with E-state index in [1.165, 1.54) is 24.1 Å². The molecular weight excluding hydrogens is 278 g/mol. The molecule has 1 aromatic rings. The molecule has 8 nitrogen and oxygen atoms in total. The zero-order valence-electron chi connectivity index (χ0n) is 12.0. The third kappa shape index (κ3) is 4.44. The van der Waals surface area contributed by atoms with Gasteiger partial charge in [0, 0.05) is 19.2 Å². The highest BCUT2D eigenvalue weighted by atomic mass is 16.6. The van der Waals surface area contributed by atoms with E-state index in [0.717, 1.165) is 6.07 Å². The molecule has 1 amide bonds. The third-order valence-electron chi connectivity index (χ3n) is 2.66. The number of nitrogens with zero attached hydrogens (tertiary/aromatic N) is 2. The summed E-state index contributed by atoms with van der Waals surface area (Å²) >= 11 is 0. The molecule has 1 aromatic carbocycles. The standard InChI is InChI=1S/C13H17N3O5/c1-8(2)14-12(17)7-15(3)10-5-4-9(13(18)19)6-11(10)16(20)21/h4-6,8H,7H2,1-3H3,(H,14,17)(H,18,19). The first-order valence-electron chi connectivity index (χ1n) is 6.24. The normalized spacial score (nSPS) is 10.3. The number of nitro groups is 1. The summed E-state index contributed by atoms with van der Waals surface area (Å²) in [4.78, 5) is 34.3. The number of rotatable bonds is 6. The predicted molar refractivity (Wildman–Crippen MR) is 76.6 cm³/mol. The Kier molecular flexibility index (Phi) is 5.23. The maximum Gasteiger partial charge on any atom is 0.335 e. The van der Waals surface area contributed by atoms with Gasteiger partial charge in [-0.1, -0.05) is 0 Å². The number of carboxylic acids is 1. The molecule has 2 N–H and O–H groups in total. The Bertz CT molecular complexity index is 571. The molecule has 0 unspecified atom stereocenters. The fourth-order valence-corrected chi connectivity index (χ4v) is 1.79. The van der Waals surface area contributed by atoms with Crippen LogP contribution in [0.25, 0.3) is 0 Å². The lowest BCUT2D eigenvalue weighted by molar-refractivity contribution is -0.384. The van der Waals surface area contributed by atoms with Gasteiger partial charge in [-0.2, -0.15) is 0 Å². The largest absolute Gasteiger partial charge is 0.478 e. The van der Waals surface area contributed by atoms with E-state index in [1.54, 1.807) is 0 Å². The summed E-state index contributed by atoms with van der Waals surface area (Å²) < 4.78 is 0. The zero-order chi connectivity index (χ0) is 16.2. The minimum absolute atomic E-state index is 0.0322. The van der Waals surface area contributed by atoms with Crippen LogP contribution < -0.4 is 10.2 Å². The van der Waals surface area contributed by atoms with Gasteiger partial charge < -0.3 is 15.3 Å². The summed E-state index contributed by atoms with van der Waals surface area (Å²) in [6.07, 6.45) is 0. The van der Waals surface area contributed by atoms with Crippen molar-refractivity contribution in [3.8, 4) is 0 Å². The minimum Gasteiger partial charge on any atom is -0.478 e. The topological polar surface area (TPSA) is 113 Å². The Hall–Kier alpha value is -2.64. The molecular formula is C13H17N3O5. The number of likely N-dealkylation sites (N-methyl/N-ethyl adjacent to an activating group) is 1. The summed E-state index contributed by atoms with van der Waals surface area (Å²) in [5.41, 5.74) is -0.343. The fourth-order valence-electron chi connectivity index (χ4n) is 1.79. The zero-order valence-corrected chi connectivity index (χ0v) is 12.0. The summed E-state index contributed by atoms with van der Waals surface area (Å²) in [7, 11) is 1.53. The number of benzene rings is 1. The molecule has 0 spiro atoms. The Morgan fingerprint density at radius 1 is 1.43 bits per heavy atom. The van der Waals surface area contributed by atoms with Gasteiger partial charge in [0.15, 0.2) is 0 Å². The molecule has 0 aliphatic heterocycles. The first-order valence-corrected chi connectivity index (χ1v) is 6.24. The Labute approximate surface area is 121 Å². The predicted octanol–water partition coefficient (Wildman–Crippen LogP) is 1.25. The van der Waals surface area contributed by atoms with Crippen molar-refractivity contribution >= 4 is 23.3 Å². The second kappa shape index (κ2) is 6.69. The summed E-state index contributed by atoms with van der Waals surface area (Å²) in [6.45, 7) is 3.55. The number of hydrogen-bond donors (Lipinski definition) is 2. The van der Waals surface area contributed by atoms with Crippen molar-refractivity contribution in [2.24, 2.45) is 0 Å². The molecule has 0 aliphatic rings. The van der Waals surface area contributed by atoms with Crippen molar-refractivity contribution in [3.05, 3.63) is 33.9 Å². The molecule has 0 aromatic heterocycles. The Morgan fingerprint density at radius 3 is 2.52 bits per heavy atom. The van der Waals surface area contributed by atoms with E-state index in [-0.39, 0.29) is 35.4 Å². The maximum atomic E-state index is 11.7. The van der Waals surface area contributed by atoms with Crippen LogP contribution in [-0.4, -0.2) is 41.5 Å². The van der Waals surface area contributed by atoms with Gasteiger partial charge in [0.2, 0.25) is 5.91 Å². The number of aromatic carboxylic acids is 1. The highest BCUT2D eigenvalue weighted by Gasteiger charge is 2.21. The highest BCUT2D eigenvalue weighted by molar-refractivity contribution is 5.90. The van der Waals surface area contributed by atoms with Crippen molar-refractivity contribution in [3.63, 3.8) is 0 Å². The van der Waals surface area contributed by atoms with Crippen molar-refractivity contribution in [2.75, 3.05) is 18.5 Å². The van der Waals surface area contributed by atoms with Crippen LogP contribution in [0.4, 0.5) is 11.4 Å². The highest BCUT2D eigenvalue weighted by Crippen LogP contribution is 2.28. The number of hydrogen-bond acceptors (Lipinski definition) is 5. The van der Waals surface area contributed by atoms with E-state index in [2.05, 4.69) is 5.32 Å². The van der Waals surface area contributed by atoms with Gasteiger partial charge >= 0.3 is 5.97 Å². The fraction of sp³-hybridized carbons (Fsp3) is 0.385. The quantitative estimate of drug-likeness (QED) is 0.603. The maximum absolute atomic E-state index is 11.7. The number of carboxylic acid groups (broad SMARTS) is 1. The molecule has 0 bridgehead atoms. The van der Waals surface area contributed by atoms with Gasteiger partial charge in [-0.15, -0.1) is 0 Å². The lowest BCUT2D eigenvalue weighted by Crippen LogP contribution is -2.38. The van der Waals surface area contributed by atoms with Crippen molar-refractivity contribution < 1.29 is 19.6 Å². The smallest absolute Gasteiger partial charge is 0.335 e. The van der Waals surface area contributed by atoms with E-state index in [9.17, 15) is 19.7 Å². The van der Waals surface area contributed by atoms with Crippen LogP contribution in [0.3, 0.4) is 0 Å². The third-order valence-corrected chi connectivity index (χ3v) is 2.66. The lowest BCUT2D eigenvalue weighted by Gasteiger charge is -2.19. The van der Waals surface area contributed by atoms with Crippen LogP contribution in [0.2, 0.25) is 0 Å². The van der Waals surface area contributed by atoms with Crippen LogP contribution in [0.5, 0.6) is 0 Å². The molecule has 0 radical (unpaired) electrons. The van der Waals surface area contributed by atoms with Crippen molar-refractivity contribution in [1.29, 1.82) is 0 Å². The SMILES string of the molecule is CC(C)NC(=O)CN(C)c1ccc(C(=O)O)cc1[N+](=O)[O-]. The molecule has 0 fully saturated rings. The van der Waals surface area contributed by atoms with E-state index < -0.39 is 10.9 Å². The lowest BCUT2D eigenvalue weighted by atomic mass is 10.1. The van der Waals surface area contributed by atoms with Gasteiger partial charge in [0.1, 0.15) is 5.69 Å². The second-order valence-corrected chi connectivity index (χ2v) is 4.84. The number of carbonyl (C=O) groups is 2. The minimum atomic E-state index is -1.25. The van der Waals surface area contributed by atoms with Gasteiger partial charge in [-0.25, -0.2) is 4.79 Å². The van der Waals surface area contributed by atoms with E-state index in [4.69, 9.17) is 5.11 Å².